The number of benzene rings is 3. The molecule has 0 aromatic heterocycles. The zero-order chi connectivity index (χ0) is 21.1. The van der Waals surface area contributed by atoms with E-state index in [1.807, 2.05) is 0 Å². The van der Waals surface area contributed by atoms with E-state index >= 15 is 0 Å². The summed E-state index contributed by atoms with van der Waals surface area (Å²) in [5.41, 5.74) is 1.54. The summed E-state index contributed by atoms with van der Waals surface area (Å²) in [7, 11) is -0.632. The van der Waals surface area contributed by atoms with Crippen molar-refractivity contribution < 1.29 is 0 Å². The molecule has 0 saturated heterocycles. The summed E-state index contributed by atoms with van der Waals surface area (Å²) in [6.07, 6.45) is 0. The molecule has 3 aromatic rings. The lowest BCUT2D eigenvalue weighted by Crippen LogP contribution is -2.45. The predicted octanol–water partition coefficient (Wildman–Crippen LogP) is 6.32. The minimum atomic E-state index is -0.632. The summed E-state index contributed by atoms with van der Waals surface area (Å²) in [6, 6.07) is 31.1. The third-order valence-electron chi connectivity index (χ3n) is 5.21. The first-order chi connectivity index (χ1) is 13.7. The van der Waals surface area contributed by atoms with Gasteiger partial charge in [-0.05, 0) is 35.4 Å². The summed E-state index contributed by atoms with van der Waals surface area (Å²) < 4.78 is 0. The molecule has 1 N–H and O–H groups in total. The molecule has 2 heteroatoms. The van der Waals surface area contributed by atoms with Gasteiger partial charge in [-0.1, -0.05) is 120 Å². The van der Waals surface area contributed by atoms with Crippen LogP contribution in [0, 0.1) is 10.8 Å². The smallest absolute Gasteiger partial charge is 0.0427 e. The Balaban J connectivity index is 2.12. The van der Waals surface area contributed by atoms with Crippen LogP contribution in [0.4, 0.5) is 5.69 Å². The molecule has 0 spiro atoms. The van der Waals surface area contributed by atoms with E-state index in [0.29, 0.717) is 6.04 Å². The number of rotatable bonds is 5. The van der Waals surface area contributed by atoms with Crippen molar-refractivity contribution in [1.82, 2.24) is 0 Å². The fourth-order valence-electron chi connectivity index (χ4n) is 4.26. The first kappa shape index (κ1) is 21.6. The van der Waals surface area contributed by atoms with Gasteiger partial charge in [-0.2, -0.15) is 0 Å². The highest BCUT2D eigenvalue weighted by molar-refractivity contribution is 7.80. The van der Waals surface area contributed by atoms with E-state index in [1.54, 1.807) is 0 Å². The number of anilines is 1. The summed E-state index contributed by atoms with van der Waals surface area (Å²) in [4.78, 5) is 0. The van der Waals surface area contributed by atoms with E-state index in [2.05, 4.69) is 132 Å². The lowest BCUT2D eigenvalue weighted by Gasteiger charge is -2.42. The van der Waals surface area contributed by atoms with Gasteiger partial charge in [-0.3, -0.25) is 0 Å². The Morgan fingerprint density at radius 2 is 1.00 bits per heavy atom. The van der Waals surface area contributed by atoms with Gasteiger partial charge < -0.3 is 5.32 Å². The second kappa shape index (κ2) is 8.72. The zero-order valence-corrected chi connectivity index (χ0v) is 19.5. The van der Waals surface area contributed by atoms with Gasteiger partial charge in [-0.25, -0.2) is 0 Å². The van der Waals surface area contributed by atoms with Crippen LogP contribution in [0.15, 0.2) is 84.9 Å². The molecule has 3 aromatic carbocycles. The standard InChI is InChI=1S/C27H34NP/c1-26(2,3)25(27(4,5)6)28-23-19-13-14-20-24(23)29(21-15-9-7-10-16-21)22-17-11-8-12-18-22/h7-20,25,28H,1-6H3. The zero-order valence-electron chi connectivity index (χ0n) is 18.6. The van der Waals surface area contributed by atoms with Crippen molar-refractivity contribution in [3.63, 3.8) is 0 Å². The highest BCUT2D eigenvalue weighted by Crippen LogP contribution is 2.39. The van der Waals surface area contributed by atoms with Gasteiger partial charge in [0.1, 0.15) is 0 Å². The van der Waals surface area contributed by atoms with Crippen molar-refractivity contribution in [3.05, 3.63) is 84.9 Å². The van der Waals surface area contributed by atoms with Crippen LogP contribution in [-0.2, 0) is 0 Å². The second-order valence-corrected chi connectivity index (χ2v) is 12.0. The Morgan fingerprint density at radius 3 is 1.45 bits per heavy atom. The van der Waals surface area contributed by atoms with Crippen LogP contribution in [0.3, 0.4) is 0 Å². The topological polar surface area (TPSA) is 12.0 Å². The maximum atomic E-state index is 3.96. The fourth-order valence-corrected chi connectivity index (χ4v) is 6.67. The van der Waals surface area contributed by atoms with E-state index in [9.17, 15) is 0 Å². The van der Waals surface area contributed by atoms with Crippen LogP contribution in [0.5, 0.6) is 0 Å². The van der Waals surface area contributed by atoms with Crippen LogP contribution in [0.1, 0.15) is 41.5 Å². The number of nitrogens with one attached hydrogen (secondary N) is 1. The van der Waals surface area contributed by atoms with Crippen LogP contribution >= 0.6 is 7.92 Å². The Hall–Kier alpha value is -2.11. The van der Waals surface area contributed by atoms with Crippen molar-refractivity contribution >= 4 is 29.5 Å². The van der Waals surface area contributed by atoms with Crippen LogP contribution in [0.2, 0.25) is 0 Å². The molecule has 29 heavy (non-hydrogen) atoms. The second-order valence-electron chi connectivity index (χ2n) is 9.83. The van der Waals surface area contributed by atoms with E-state index in [-0.39, 0.29) is 10.8 Å². The Bertz CT molecular complexity index is 851. The van der Waals surface area contributed by atoms with Gasteiger partial charge in [0.05, 0.1) is 0 Å². The maximum Gasteiger partial charge on any atom is 0.0427 e. The molecule has 0 aliphatic heterocycles. The van der Waals surface area contributed by atoms with Crippen molar-refractivity contribution in [2.24, 2.45) is 10.8 Å². The van der Waals surface area contributed by atoms with Gasteiger partial charge in [0, 0.05) is 17.0 Å². The molecule has 0 fully saturated rings. The predicted molar refractivity (Wildman–Crippen MR) is 131 cm³/mol. The lowest BCUT2D eigenvalue weighted by atomic mass is 9.72. The van der Waals surface area contributed by atoms with Crippen molar-refractivity contribution in [2.75, 3.05) is 5.32 Å². The van der Waals surface area contributed by atoms with E-state index < -0.39 is 7.92 Å². The van der Waals surface area contributed by atoms with Crippen LogP contribution in [0.25, 0.3) is 0 Å². The largest absolute Gasteiger partial charge is 0.381 e. The molecule has 0 unspecified atom stereocenters. The maximum absolute atomic E-state index is 3.96. The molecule has 0 aliphatic rings. The van der Waals surface area contributed by atoms with Crippen LogP contribution in [-0.4, -0.2) is 6.04 Å². The molecular weight excluding hydrogens is 369 g/mol. The van der Waals surface area contributed by atoms with Crippen LogP contribution < -0.4 is 21.2 Å². The molecule has 0 amide bonds. The van der Waals surface area contributed by atoms with Gasteiger partial charge >= 0.3 is 0 Å². The number of hydrogen-bond donors (Lipinski definition) is 1. The molecule has 0 radical (unpaired) electrons. The van der Waals surface area contributed by atoms with Crippen molar-refractivity contribution in [3.8, 4) is 0 Å². The Kier molecular flexibility index (Phi) is 6.49. The van der Waals surface area contributed by atoms with E-state index in [1.165, 1.54) is 21.6 Å². The van der Waals surface area contributed by atoms with Gasteiger partial charge in [-0.15, -0.1) is 0 Å². The van der Waals surface area contributed by atoms with E-state index in [4.69, 9.17) is 0 Å². The molecule has 0 atom stereocenters. The molecular formula is C27H34NP. The third-order valence-corrected chi connectivity index (χ3v) is 7.71. The highest BCUT2D eigenvalue weighted by atomic mass is 31.1. The van der Waals surface area contributed by atoms with Crippen molar-refractivity contribution in [2.45, 2.75) is 47.6 Å². The molecule has 0 saturated carbocycles. The van der Waals surface area contributed by atoms with Gasteiger partial charge in [0.2, 0.25) is 0 Å². The number of hydrogen-bond acceptors (Lipinski definition) is 1. The lowest BCUT2D eigenvalue weighted by molar-refractivity contribution is 0.198. The molecule has 3 rings (SSSR count). The Labute approximate surface area is 178 Å². The molecule has 0 aliphatic carbocycles. The quantitative estimate of drug-likeness (QED) is 0.492. The molecule has 0 bridgehead atoms. The first-order valence-electron chi connectivity index (χ1n) is 10.4. The first-order valence-corrected chi connectivity index (χ1v) is 11.8. The minimum absolute atomic E-state index is 0.146. The molecule has 152 valence electrons. The number of para-hydroxylation sites is 1. The average Bonchev–Trinajstić information content (AvgIpc) is 2.67. The summed E-state index contributed by atoms with van der Waals surface area (Å²) >= 11 is 0. The van der Waals surface area contributed by atoms with E-state index in [0.717, 1.165) is 0 Å². The van der Waals surface area contributed by atoms with Crippen molar-refractivity contribution in [1.29, 1.82) is 0 Å². The summed E-state index contributed by atoms with van der Waals surface area (Å²) in [5, 5.41) is 8.11. The van der Waals surface area contributed by atoms with Gasteiger partial charge in [0.15, 0.2) is 0 Å². The SMILES string of the molecule is CC(C)(C)C(Nc1ccccc1P(c1ccccc1)c1ccccc1)C(C)(C)C. The Morgan fingerprint density at radius 1 is 0.586 bits per heavy atom. The summed E-state index contributed by atoms with van der Waals surface area (Å²) in [6.45, 7) is 14.0. The molecule has 1 nitrogen and oxygen atoms in total. The minimum Gasteiger partial charge on any atom is -0.381 e. The highest BCUT2D eigenvalue weighted by Gasteiger charge is 2.35. The monoisotopic (exact) mass is 403 g/mol. The molecule has 0 heterocycles. The fraction of sp³-hybridized carbons (Fsp3) is 0.333. The summed E-state index contributed by atoms with van der Waals surface area (Å²) in [5.74, 6) is 0. The third kappa shape index (κ3) is 5.28. The van der Waals surface area contributed by atoms with Gasteiger partial charge in [0.25, 0.3) is 0 Å². The average molecular weight is 404 g/mol. The normalized spacial score (nSPS) is 12.4.